The average molecular weight is 422 g/mol. The van der Waals surface area contributed by atoms with Crippen molar-refractivity contribution in [3.8, 4) is 17.3 Å². The summed E-state index contributed by atoms with van der Waals surface area (Å²) < 4.78 is 27.7. The monoisotopic (exact) mass is 421 g/mol. The number of hydrogen-bond acceptors (Lipinski definition) is 4. The minimum Gasteiger partial charge on any atom is -0.316 e. The van der Waals surface area contributed by atoms with Gasteiger partial charge in [0.2, 0.25) is 0 Å². The Bertz CT molecular complexity index is 1090. The number of hydrogen-bond donors (Lipinski definition) is 1. The van der Waals surface area contributed by atoms with E-state index in [4.69, 9.17) is 16.9 Å². The van der Waals surface area contributed by atoms with Crippen LogP contribution >= 0.6 is 24.0 Å². The van der Waals surface area contributed by atoms with Crippen LogP contribution in [0.4, 0.5) is 0 Å². The van der Waals surface area contributed by atoms with Crippen molar-refractivity contribution in [1.29, 1.82) is 5.26 Å². The lowest BCUT2D eigenvalue weighted by Gasteiger charge is -2.11. The smallest absolute Gasteiger partial charge is 0.268 e. The van der Waals surface area contributed by atoms with E-state index in [1.165, 1.54) is 22.2 Å². The first-order valence-electron chi connectivity index (χ1n) is 7.84. The number of nitrogens with zero attached hydrogens (tertiary/aromatic N) is 2. The van der Waals surface area contributed by atoms with Crippen molar-refractivity contribution in [2.45, 2.75) is 11.4 Å². The van der Waals surface area contributed by atoms with E-state index in [1.54, 1.807) is 13.2 Å². The van der Waals surface area contributed by atoms with E-state index in [0.717, 1.165) is 11.1 Å². The van der Waals surface area contributed by atoms with Gasteiger partial charge in [0, 0.05) is 12.7 Å². The first-order chi connectivity index (χ1) is 12.5. The summed E-state index contributed by atoms with van der Waals surface area (Å²) in [4.78, 5) is 0.0327. The van der Waals surface area contributed by atoms with Gasteiger partial charge in [0.25, 0.3) is 10.0 Å². The van der Waals surface area contributed by atoms with Crippen LogP contribution in [-0.2, 0) is 16.6 Å². The Kier molecular flexibility index (Phi) is 6.68. The molecule has 0 bridgehead atoms. The highest BCUT2D eigenvalue weighted by molar-refractivity contribution is 7.90. The predicted octanol–water partition coefficient (Wildman–Crippen LogP) is 4.06. The largest absolute Gasteiger partial charge is 0.316 e. The first kappa shape index (κ1) is 21.0. The minimum absolute atomic E-state index is 0. The summed E-state index contributed by atoms with van der Waals surface area (Å²) in [5, 5.41) is 12.1. The molecule has 3 rings (SSSR count). The zero-order valence-electron chi connectivity index (χ0n) is 14.4. The number of benzene rings is 2. The predicted molar refractivity (Wildman–Crippen MR) is 109 cm³/mol. The zero-order valence-corrected chi connectivity index (χ0v) is 16.8. The molecule has 0 aliphatic rings. The number of rotatable bonds is 5. The lowest BCUT2D eigenvalue weighted by molar-refractivity contribution is 0.588. The zero-order chi connectivity index (χ0) is 18.7. The molecule has 0 saturated heterocycles. The Morgan fingerprint density at radius 2 is 1.85 bits per heavy atom. The van der Waals surface area contributed by atoms with Gasteiger partial charge in [0.1, 0.15) is 6.07 Å². The van der Waals surface area contributed by atoms with Crippen molar-refractivity contribution in [3.63, 3.8) is 0 Å². The summed E-state index contributed by atoms with van der Waals surface area (Å²) in [5.41, 5.74) is 2.43. The van der Waals surface area contributed by atoms with Crippen LogP contribution in [0.15, 0.2) is 65.7 Å². The molecule has 0 fully saturated rings. The molecular weight excluding hydrogens is 405 g/mol. The maximum atomic E-state index is 13.2. The quantitative estimate of drug-likeness (QED) is 0.673. The van der Waals surface area contributed by atoms with Crippen LogP contribution in [-0.4, -0.2) is 19.4 Å². The van der Waals surface area contributed by atoms with Crippen LogP contribution in [0.5, 0.6) is 0 Å². The van der Waals surface area contributed by atoms with Gasteiger partial charge < -0.3 is 5.32 Å². The van der Waals surface area contributed by atoms with Crippen LogP contribution < -0.4 is 5.32 Å². The Morgan fingerprint density at radius 1 is 1.15 bits per heavy atom. The fraction of sp³-hybridized carbons (Fsp3) is 0.105. The van der Waals surface area contributed by atoms with Gasteiger partial charge in [-0.2, -0.15) is 5.26 Å². The second-order valence-electron chi connectivity index (χ2n) is 5.68. The molecule has 140 valence electrons. The summed E-state index contributed by atoms with van der Waals surface area (Å²) in [6.07, 6.45) is 1.60. The highest BCUT2D eigenvalue weighted by atomic mass is 35.5. The maximum Gasteiger partial charge on any atom is 0.268 e. The second kappa shape index (κ2) is 8.59. The van der Waals surface area contributed by atoms with E-state index in [-0.39, 0.29) is 27.9 Å². The van der Waals surface area contributed by atoms with Crippen LogP contribution in [0.2, 0.25) is 5.02 Å². The summed E-state index contributed by atoms with van der Waals surface area (Å²) in [7, 11) is -2.07. The molecule has 1 N–H and O–H groups in total. The lowest BCUT2D eigenvalue weighted by Crippen LogP contribution is -2.13. The molecule has 0 aliphatic carbocycles. The SMILES string of the molecule is CNCc1cc(-c2ccccc2)n(S(=O)(=O)c2ccc(C#N)c(Cl)c2)c1.Cl. The van der Waals surface area contributed by atoms with Gasteiger partial charge in [0.05, 0.1) is 21.2 Å². The van der Waals surface area contributed by atoms with Gasteiger partial charge >= 0.3 is 0 Å². The van der Waals surface area contributed by atoms with Crippen LogP contribution in [0.1, 0.15) is 11.1 Å². The molecule has 1 aromatic heterocycles. The van der Waals surface area contributed by atoms with Gasteiger partial charge in [-0.3, -0.25) is 0 Å². The highest BCUT2D eigenvalue weighted by Gasteiger charge is 2.22. The molecule has 0 spiro atoms. The van der Waals surface area contributed by atoms with E-state index in [9.17, 15) is 8.42 Å². The van der Waals surface area contributed by atoms with E-state index < -0.39 is 10.0 Å². The van der Waals surface area contributed by atoms with Crippen LogP contribution in [0.3, 0.4) is 0 Å². The molecule has 0 radical (unpaired) electrons. The third kappa shape index (κ3) is 4.18. The fourth-order valence-electron chi connectivity index (χ4n) is 2.68. The van der Waals surface area contributed by atoms with Crippen molar-refractivity contribution in [3.05, 3.63) is 76.9 Å². The normalized spacial score (nSPS) is 10.9. The summed E-state index contributed by atoms with van der Waals surface area (Å²) >= 11 is 6.03. The van der Waals surface area contributed by atoms with Gasteiger partial charge in [-0.15, -0.1) is 12.4 Å². The van der Waals surface area contributed by atoms with E-state index >= 15 is 0 Å². The summed E-state index contributed by atoms with van der Waals surface area (Å²) in [6, 6.07) is 17.2. The Hall–Kier alpha value is -2.30. The fourth-order valence-corrected chi connectivity index (χ4v) is 4.39. The lowest BCUT2D eigenvalue weighted by atomic mass is 10.1. The molecule has 1 heterocycles. The molecule has 0 unspecified atom stereocenters. The summed E-state index contributed by atoms with van der Waals surface area (Å²) in [6.45, 7) is 0.538. The van der Waals surface area contributed by atoms with Gasteiger partial charge in [-0.1, -0.05) is 41.9 Å². The van der Waals surface area contributed by atoms with Gasteiger partial charge in [-0.05, 0) is 42.4 Å². The molecule has 27 heavy (non-hydrogen) atoms. The van der Waals surface area contributed by atoms with Gasteiger partial charge in [-0.25, -0.2) is 12.4 Å². The molecular formula is C19H17Cl2N3O2S. The van der Waals surface area contributed by atoms with Crippen LogP contribution in [0, 0.1) is 11.3 Å². The average Bonchev–Trinajstić information content (AvgIpc) is 3.07. The Labute approximate surface area is 169 Å². The Balaban J connectivity index is 0.00000261. The number of nitriles is 1. The minimum atomic E-state index is -3.87. The topological polar surface area (TPSA) is 74.9 Å². The first-order valence-corrected chi connectivity index (χ1v) is 9.65. The van der Waals surface area contributed by atoms with Crippen molar-refractivity contribution < 1.29 is 8.42 Å². The number of aromatic nitrogens is 1. The summed E-state index contributed by atoms with van der Waals surface area (Å²) in [5.74, 6) is 0. The molecule has 0 saturated carbocycles. The Morgan fingerprint density at radius 3 is 2.44 bits per heavy atom. The molecule has 8 heteroatoms. The second-order valence-corrected chi connectivity index (χ2v) is 7.91. The number of nitrogens with one attached hydrogen (secondary N) is 1. The van der Waals surface area contributed by atoms with Gasteiger partial charge in [0.15, 0.2) is 0 Å². The van der Waals surface area contributed by atoms with Crippen molar-refractivity contribution in [1.82, 2.24) is 9.29 Å². The molecule has 2 aromatic carbocycles. The molecule has 0 atom stereocenters. The molecule has 3 aromatic rings. The van der Waals surface area contributed by atoms with Crippen molar-refractivity contribution >= 4 is 34.0 Å². The highest BCUT2D eigenvalue weighted by Crippen LogP contribution is 2.28. The van der Waals surface area contributed by atoms with Crippen molar-refractivity contribution in [2.24, 2.45) is 0 Å². The number of halogens is 2. The van der Waals surface area contributed by atoms with E-state index in [0.29, 0.717) is 12.2 Å². The third-order valence-electron chi connectivity index (χ3n) is 3.91. The molecule has 0 aliphatic heterocycles. The standard InChI is InChI=1S/C19H16ClN3O2S.ClH/c1-22-12-14-9-19(15-5-3-2-4-6-15)23(13-14)26(24,25)17-8-7-16(11-21)18(20)10-17;/h2-10,13,22H,12H2,1H3;1H. The van der Waals surface area contributed by atoms with E-state index in [1.807, 2.05) is 42.5 Å². The maximum absolute atomic E-state index is 13.2. The van der Waals surface area contributed by atoms with Crippen molar-refractivity contribution in [2.75, 3.05) is 7.05 Å². The third-order valence-corrected chi connectivity index (χ3v) is 5.89. The molecule has 5 nitrogen and oxygen atoms in total. The molecule has 0 amide bonds. The van der Waals surface area contributed by atoms with E-state index in [2.05, 4.69) is 5.32 Å². The van der Waals surface area contributed by atoms with Crippen LogP contribution in [0.25, 0.3) is 11.3 Å².